The number of benzene rings is 2. The van der Waals surface area contributed by atoms with Crippen LogP contribution in [0.25, 0.3) is 0 Å². The van der Waals surface area contributed by atoms with Crippen LogP contribution in [0.2, 0.25) is 78.6 Å². The normalized spacial score (nSPS) is 13.3. The minimum absolute atomic E-state index is 1.00. The fourth-order valence-electron chi connectivity index (χ4n) is 5.85. The predicted molar refractivity (Wildman–Crippen MR) is 164 cm³/mol. The van der Waals surface area contributed by atoms with Gasteiger partial charge in [-0.2, -0.15) is 0 Å². The molecule has 33 heavy (non-hydrogen) atoms. The molecule has 0 aliphatic carbocycles. The first kappa shape index (κ1) is 28.1. The summed E-state index contributed by atoms with van der Waals surface area (Å²) < 4.78 is 5.67. The van der Waals surface area contributed by atoms with Crippen LogP contribution in [0.3, 0.4) is 0 Å². The first-order valence-electron chi connectivity index (χ1n) is 12.5. The highest BCUT2D eigenvalue weighted by atomic mass is 28.4. The maximum Gasteiger partial charge on any atom is 0.138 e. The van der Waals surface area contributed by atoms with Gasteiger partial charge in [-0.1, -0.05) is 103 Å². The average molecular weight is 515 g/mol. The Morgan fingerprint density at radius 1 is 0.485 bits per heavy atom. The van der Waals surface area contributed by atoms with E-state index in [1.807, 2.05) is 0 Å². The Bertz CT molecular complexity index is 866. The zero-order valence-corrected chi connectivity index (χ0v) is 28.1. The minimum Gasteiger partial charge on any atom is -0.424 e. The quantitative estimate of drug-likeness (QED) is 0.324. The summed E-state index contributed by atoms with van der Waals surface area (Å²) in [5.74, 6) is 0. The highest BCUT2D eigenvalue weighted by molar-refractivity contribution is 7.00. The van der Waals surface area contributed by atoms with Crippen LogP contribution < -0.4 is 8.46 Å². The maximum absolute atomic E-state index is 2.83. The van der Waals surface area contributed by atoms with Crippen molar-refractivity contribution in [3.63, 3.8) is 0 Å². The molecule has 2 nitrogen and oxygen atoms in total. The van der Waals surface area contributed by atoms with Gasteiger partial charge in [0.05, 0.1) is 0 Å². The van der Waals surface area contributed by atoms with Gasteiger partial charge in [0.25, 0.3) is 0 Å². The predicted octanol–water partition coefficient (Wildman–Crippen LogP) is 8.85. The van der Waals surface area contributed by atoms with Gasteiger partial charge in [0.2, 0.25) is 0 Å². The second-order valence-corrected chi connectivity index (χ2v) is 33.8. The van der Waals surface area contributed by atoms with Crippen molar-refractivity contribution in [3.8, 4) is 0 Å². The third-order valence-electron chi connectivity index (χ3n) is 6.10. The molecule has 0 aromatic heterocycles. The van der Waals surface area contributed by atoms with E-state index in [-0.39, 0.29) is 0 Å². The van der Waals surface area contributed by atoms with E-state index in [1.54, 1.807) is 0 Å². The Kier molecular flexibility index (Phi) is 8.11. The largest absolute Gasteiger partial charge is 0.424 e. The van der Waals surface area contributed by atoms with Gasteiger partial charge in [-0.25, -0.2) is 0 Å². The number of rotatable bonds is 8. The lowest BCUT2D eigenvalue weighted by molar-refractivity contribution is 1.16. The summed E-state index contributed by atoms with van der Waals surface area (Å²) >= 11 is 0. The minimum atomic E-state index is -1.44. The van der Waals surface area contributed by atoms with Crippen LogP contribution in [0.1, 0.15) is 22.3 Å². The fraction of sp³-hybridized carbons (Fsp3) is 0.556. The van der Waals surface area contributed by atoms with E-state index < -0.39 is 32.9 Å². The molecule has 0 unspecified atom stereocenters. The van der Waals surface area contributed by atoms with E-state index in [1.165, 1.54) is 33.6 Å². The van der Waals surface area contributed by atoms with Crippen LogP contribution in [0.15, 0.2) is 36.4 Å². The van der Waals surface area contributed by atoms with Crippen LogP contribution in [0.4, 0.5) is 11.4 Å². The van der Waals surface area contributed by atoms with Gasteiger partial charge in [0.15, 0.2) is 0 Å². The molecule has 0 spiro atoms. The molecule has 2 rings (SSSR count). The molecule has 0 amide bonds. The van der Waals surface area contributed by atoms with E-state index in [0.29, 0.717) is 0 Å². The third kappa shape index (κ3) is 6.96. The van der Waals surface area contributed by atoms with Crippen molar-refractivity contribution in [2.24, 2.45) is 0 Å². The monoisotopic (exact) mass is 514 g/mol. The number of hydrogen-bond acceptors (Lipinski definition) is 2. The summed E-state index contributed by atoms with van der Waals surface area (Å²) in [7, 11) is -5.78. The van der Waals surface area contributed by atoms with Crippen LogP contribution in [0, 0.1) is 13.8 Å². The molecule has 0 bridgehead atoms. The molecule has 2 aromatic carbocycles. The van der Waals surface area contributed by atoms with E-state index in [4.69, 9.17) is 0 Å². The van der Waals surface area contributed by atoms with E-state index in [0.717, 1.165) is 6.42 Å². The van der Waals surface area contributed by atoms with Crippen LogP contribution in [0.5, 0.6) is 0 Å². The van der Waals surface area contributed by atoms with Gasteiger partial charge in [-0.05, 0) is 54.7 Å². The molecule has 6 heteroatoms. The molecule has 0 radical (unpaired) electrons. The number of nitrogens with zero attached hydrogens (tertiary/aromatic N) is 2. The van der Waals surface area contributed by atoms with Gasteiger partial charge < -0.3 is 8.46 Å². The van der Waals surface area contributed by atoms with Crippen molar-refractivity contribution in [2.45, 2.75) is 98.8 Å². The molecule has 184 valence electrons. The van der Waals surface area contributed by atoms with Crippen LogP contribution in [-0.4, -0.2) is 32.9 Å². The molecule has 0 saturated carbocycles. The molecular formula is C27H50N2Si4. The lowest BCUT2D eigenvalue weighted by Crippen LogP contribution is -2.59. The van der Waals surface area contributed by atoms with Gasteiger partial charge in [0.1, 0.15) is 32.9 Å². The van der Waals surface area contributed by atoms with Crippen LogP contribution >= 0.6 is 0 Å². The van der Waals surface area contributed by atoms with Gasteiger partial charge >= 0.3 is 0 Å². The summed E-state index contributed by atoms with van der Waals surface area (Å²) in [5, 5.41) is 0. The number of anilines is 2. The lowest BCUT2D eigenvalue weighted by atomic mass is 10.0. The summed E-state index contributed by atoms with van der Waals surface area (Å²) in [4.78, 5) is 0. The Morgan fingerprint density at radius 3 is 0.970 bits per heavy atom. The Labute approximate surface area is 209 Å². The topological polar surface area (TPSA) is 6.48 Å². The van der Waals surface area contributed by atoms with Crippen molar-refractivity contribution >= 4 is 44.3 Å². The molecule has 0 atom stereocenters. The second kappa shape index (κ2) is 9.51. The number of aryl methyl sites for hydroxylation is 2. The van der Waals surface area contributed by atoms with Crippen molar-refractivity contribution in [3.05, 3.63) is 58.7 Å². The van der Waals surface area contributed by atoms with Crippen molar-refractivity contribution in [1.82, 2.24) is 0 Å². The highest BCUT2D eigenvalue weighted by Crippen LogP contribution is 2.34. The average Bonchev–Trinajstić information content (AvgIpc) is 2.54. The summed E-state index contributed by atoms with van der Waals surface area (Å²) in [6, 6.07) is 14.4. The zero-order valence-electron chi connectivity index (χ0n) is 24.1. The molecule has 0 heterocycles. The summed E-state index contributed by atoms with van der Waals surface area (Å²) in [5.41, 5.74) is 8.61. The zero-order chi connectivity index (χ0) is 25.6. The first-order valence-corrected chi connectivity index (χ1v) is 26.3. The van der Waals surface area contributed by atoms with E-state index >= 15 is 0 Å². The molecule has 0 fully saturated rings. The number of hydrogen-bond donors (Lipinski definition) is 0. The highest BCUT2D eigenvalue weighted by Gasteiger charge is 2.36. The maximum atomic E-state index is 2.83. The van der Waals surface area contributed by atoms with E-state index in [9.17, 15) is 0 Å². The van der Waals surface area contributed by atoms with Gasteiger partial charge in [-0.15, -0.1) is 0 Å². The summed E-state index contributed by atoms with van der Waals surface area (Å²) in [6.07, 6.45) is 1.00. The Hall–Kier alpha value is -1.09. The molecular weight excluding hydrogens is 465 g/mol. The molecule has 0 N–H and O–H groups in total. The Balaban J connectivity index is 2.38. The first-order chi connectivity index (χ1) is 14.7. The van der Waals surface area contributed by atoms with Gasteiger partial charge in [0, 0.05) is 11.4 Å². The summed E-state index contributed by atoms with van der Waals surface area (Å²) in [6.45, 7) is 34.4. The fourth-order valence-corrected chi connectivity index (χ4v) is 25.8. The van der Waals surface area contributed by atoms with Crippen LogP contribution in [-0.2, 0) is 6.42 Å². The molecule has 2 aromatic rings. The van der Waals surface area contributed by atoms with Gasteiger partial charge in [-0.3, -0.25) is 0 Å². The Morgan fingerprint density at radius 2 is 0.758 bits per heavy atom. The standard InChI is InChI=1S/C27H50N2Si4/c1-22-19-24(15-17-26(22)28(30(3,4)5)31(6,7)8)21-25-16-18-27(23(2)20-25)29(32(9,10)11)33(12,13)14/h15-20H,21H2,1-14H3. The molecule has 0 aliphatic rings. The van der Waals surface area contributed by atoms with E-state index in [2.05, 4.69) is 137 Å². The molecule has 0 aliphatic heterocycles. The smallest absolute Gasteiger partial charge is 0.138 e. The molecule has 0 saturated heterocycles. The van der Waals surface area contributed by atoms with Crippen molar-refractivity contribution in [1.29, 1.82) is 0 Å². The van der Waals surface area contributed by atoms with Crippen molar-refractivity contribution < 1.29 is 0 Å². The lowest BCUT2D eigenvalue weighted by Gasteiger charge is -2.46. The SMILES string of the molecule is Cc1cc(Cc2ccc(N([Si](C)(C)C)[Si](C)(C)C)c(C)c2)ccc1N([Si](C)(C)C)[Si](C)(C)C. The third-order valence-corrected chi connectivity index (χ3v) is 20.5. The van der Waals surface area contributed by atoms with Crippen molar-refractivity contribution in [2.75, 3.05) is 8.46 Å². The second-order valence-electron chi connectivity index (χ2n) is 13.8.